The van der Waals surface area contributed by atoms with Crippen LogP contribution in [0.15, 0.2) is 0 Å². The zero-order chi connectivity index (χ0) is 10.1. The number of nitrogens with zero attached hydrogens (tertiary/aromatic N) is 2. The van der Waals surface area contributed by atoms with Gasteiger partial charge in [-0.25, -0.2) is 4.98 Å². The highest BCUT2D eigenvalue weighted by atomic mass is 35.5. The summed E-state index contributed by atoms with van der Waals surface area (Å²) in [7, 11) is 0. The third-order valence-corrected chi connectivity index (χ3v) is 3.84. The second-order valence-corrected chi connectivity index (χ2v) is 4.98. The van der Waals surface area contributed by atoms with Gasteiger partial charge in [-0.3, -0.25) is 4.79 Å². The van der Waals surface area contributed by atoms with E-state index in [2.05, 4.69) is 16.8 Å². The summed E-state index contributed by atoms with van der Waals surface area (Å²) in [6, 6.07) is 0. The highest BCUT2D eigenvalue weighted by Crippen LogP contribution is 2.31. The van der Waals surface area contributed by atoms with Crippen LogP contribution in [0.1, 0.15) is 23.0 Å². The predicted molar refractivity (Wildman–Crippen MR) is 58.5 cm³/mol. The Morgan fingerprint density at radius 1 is 1.71 bits per heavy atom. The number of hydrogen-bond donors (Lipinski definition) is 0. The summed E-state index contributed by atoms with van der Waals surface area (Å²) in [6.45, 7) is 4.25. The summed E-state index contributed by atoms with van der Waals surface area (Å²) >= 11 is 7.17. The minimum absolute atomic E-state index is 0.333. The van der Waals surface area contributed by atoms with Gasteiger partial charge < -0.3 is 4.90 Å². The molecule has 0 N–H and O–H groups in total. The normalized spacial score (nSPS) is 21.6. The van der Waals surface area contributed by atoms with Crippen molar-refractivity contribution in [1.82, 2.24) is 4.98 Å². The summed E-state index contributed by atoms with van der Waals surface area (Å²) in [5.74, 6) is 0.706. The molecule has 3 nitrogen and oxygen atoms in total. The first kappa shape index (κ1) is 9.93. The Bertz CT molecular complexity index is 353. The number of thiazole rings is 1. The molecule has 1 unspecified atom stereocenters. The Morgan fingerprint density at radius 3 is 3.00 bits per heavy atom. The fourth-order valence-electron chi connectivity index (χ4n) is 1.62. The smallest absolute Gasteiger partial charge is 0.187 e. The Balaban J connectivity index is 2.20. The lowest BCUT2D eigenvalue weighted by Crippen LogP contribution is -2.18. The Kier molecular flexibility index (Phi) is 2.74. The SMILES string of the molecule is CC1CCN(c2nc(Cl)c(C=O)s2)C1. The minimum Gasteiger partial charge on any atom is -0.348 e. The van der Waals surface area contributed by atoms with Gasteiger partial charge in [0.15, 0.2) is 16.6 Å². The topological polar surface area (TPSA) is 33.2 Å². The molecule has 1 aliphatic heterocycles. The maximum absolute atomic E-state index is 10.6. The van der Waals surface area contributed by atoms with Crippen molar-refractivity contribution in [1.29, 1.82) is 0 Å². The van der Waals surface area contributed by atoms with Crippen LogP contribution < -0.4 is 4.90 Å². The first-order valence-electron chi connectivity index (χ1n) is 4.57. The largest absolute Gasteiger partial charge is 0.348 e. The average molecular weight is 231 g/mol. The van der Waals surface area contributed by atoms with Crippen molar-refractivity contribution in [2.45, 2.75) is 13.3 Å². The molecule has 0 bridgehead atoms. The Labute approximate surface area is 91.7 Å². The van der Waals surface area contributed by atoms with Gasteiger partial charge in [-0.15, -0.1) is 0 Å². The predicted octanol–water partition coefficient (Wildman–Crippen LogP) is 2.46. The number of carbonyl (C=O) groups is 1. The maximum Gasteiger partial charge on any atom is 0.187 e. The number of anilines is 1. The maximum atomic E-state index is 10.6. The lowest BCUT2D eigenvalue weighted by Gasteiger charge is -2.12. The summed E-state index contributed by atoms with van der Waals surface area (Å²) < 4.78 is 0. The van der Waals surface area contributed by atoms with Gasteiger partial charge in [-0.05, 0) is 12.3 Å². The molecule has 1 fully saturated rings. The molecule has 0 spiro atoms. The van der Waals surface area contributed by atoms with Gasteiger partial charge in [0, 0.05) is 13.1 Å². The third-order valence-electron chi connectivity index (χ3n) is 2.40. The molecule has 1 atom stereocenters. The van der Waals surface area contributed by atoms with E-state index in [1.165, 1.54) is 17.8 Å². The molecule has 14 heavy (non-hydrogen) atoms. The number of carbonyl (C=O) groups excluding carboxylic acids is 1. The highest BCUT2D eigenvalue weighted by Gasteiger charge is 2.22. The van der Waals surface area contributed by atoms with Gasteiger partial charge >= 0.3 is 0 Å². The molecule has 2 heterocycles. The standard InChI is InChI=1S/C9H11ClN2OS/c1-6-2-3-12(4-6)9-11-8(10)7(5-13)14-9/h5-6H,2-4H2,1H3. The second kappa shape index (κ2) is 3.87. The number of aldehydes is 1. The number of hydrogen-bond acceptors (Lipinski definition) is 4. The van der Waals surface area contributed by atoms with E-state index >= 15 is 0 Å². The zero-order valence-corrected chi connectivity index (χ0v) is 9.44. The van der Waals surface area contributed by atoms with E-state index in [1.807, 2.05) is 0 Å². The summed E-state index contributed by atoms with van der Waals surface area (Å²) in [5, 5.41) is 1.21. The second-order valence-electron chi connectivity index (χ2n) is 3.61. The van der Waals surface area contributed by atoms with E-state index in [4.69, 9.17) is 11.6 Å². The lowest BCUT2D eigenvalue weighted by atomic mass is 10.2. The van der Waals surface area contributed by atoms with Crippen LogP contribution in [0.3, 0.4) is 0 Å². The molecule has 5 heteroatoms. The molecule has 0 saturated carbocycles. The van der Waals surface area contributed by atoms with Crippen LogP contribution in [0, 0.1) is 5.92 Å². The van der Waals surface area contributed by atoms with Gasteiger partial charge in [-0.1, -0.05) is 29.9 Å². The van der Waals surface area contributed by atoms with Crippen LogP contribution in [0.5, 0.6) is 0 Å². The van der Waals surface area contributed by atoms with Crippen LogP contribution in [0.25, 0.3) is 0 Å². The van der Waals surface area contributed by atoms with Crippen molar-refractivity contribution in [3.63, 3.8) is 0 Å². The summed E-state index contributed by atoms with van der Waals surface area (Å²) in [6.07, 6.45) is 1.95. The molecule has 0 aliphatic carbocycles. The number of halogens is 1. The number of aromatic nitrogens is 1. The van der Waals surface area contributed by atoms with Crippen molar-refractivity contribution >= 4 is 34.4 Å². The van der Waals surface area contributed by atoms with Gasteiger partial charge in [0.25, 0.3) is 0 Å². The van der Waals surface area contributed by atoms with E-state index in [0.717, 1.165) is 24.5 Å². The molecule has 0 aromatic carbocycles. The van der Waals surface area contributed by atoms with E-state index in [-0.39, 0.29) is 0 Å². The minimum atomic E-state index is 0.333. The quantitative estimate of drug-likeness (QED) is 0.732. The zero-order valence-electron chi connectivity index (χ0n) is 7.86. The average Bonchev–Trinajstić information content (AvgIpc) is 2.71. The van der Waals surface area contributed by atoms with Gasteiger partial charge in [-0.2, -0.15) is 0 Å². The Morgan fingerprint density at radius 2 is 2.50 bits per heavy atom. The molecule has 0 radical (unpaired) electrons. The first-order chi connectivity index (χ1) is 6.70. The fraction of sp³-hybridized carbons (Fsp3) is 0.556. The van der Waals surface area contributed by atoms with Crippen molar-refractivity contribution in [3.05, 3.63) is 10.0 Å². The van der Waals surface area contributed by atoms with E-state index in [0.29, 0.717) is 15.9 Å². The van der Waals surface area contributed by atoms with Crippen molar-refractivity contribution < 1.29 is 4.79 Å². The van der Waals surface area contributed by atoms with E-state index < -0.39 is 0 Å². The van der Waals surface area contributed by atoms with Gasteiger partial charge in [0.2, 0.25) is 0 Å². The van der Waals surface area contributed by atoms with Gasteiger partial charge in [0.05, 0.1) is 0 Å². The Hall–Kier alpha value is -0.610. The van der Waals surface area contributed by atoms with Crippen LogP contribution in [0.4, 0.5) is 5.13 Å². The molecular formula is C9H11ClN2OS. The van der Waals surface area contributed by atoms with E-state index in [1.54, 1.807) is 0 Å². The van der Waals surface area contributed by atoms with Gasteiger partial charge in [0.1, 0.15) is 4.88 Å². The monoisotopic (exact) mass is 230 g/mol. The van der Waals surface area contributed by atoms with E-state index in [9.17, 15) is 4.79 Å². The van der Waals surface area contributed by atoms with Crippen molar-refractivity contribution in [2.24, 2.45) is 5.92 Å². The molecule has 76 valence electrons. The molecule has 2 rings (SSSR count). The van der Waals surface area contributed by atoms with Crippen LogP contribution >= 0.6 is 22.9 Å². The fourth-order valence-corrected chi connectivity index (χ4v) is 2.72. The van der Waals surface area contributed by atoms with Crippen molar-refractivity contribution in [3.8, 4) is 0 Å². The first-order valence-corrected chi connectivity index (χ1v) is 5.76. The van der Waals surface area contributed by atoms with Crippen LogP contribution in [-0.2, 0) is 0 Å². The van der Waals surface area contributed by atoms with Crippen LogP contribution in [-0.4, -0.2) is 24.4 Å². The molecule has 1 saturated heterocycles. The lowest BCUT2D eigenvalue weighted by molar-refractivity contribution is 0.112. The highest BCUT2D eigenvalue weighted by molar-refractivity contribution is 7.17. The molecule has 1 aromatic heterocycles. The third kappa shape index (κ3) is 1.77. The molecular weight excluding hydrogens is 220 g/mol. The summed E-state index contributed by atoms with van der Waals surface area (Å²) in [5.41, 5.74) is 0. The number of rotatable bonds is 2. The summed E-state index contributed by atoms with van der Waals surface area (Å²) in [4.78, 5) is 17.5. The van der Waals surface area contributed by atoms with Crippen molar-refractivity contribution in [2.75, 3.05) is 18.0 Å². The molecule has 1 aromatic rings. The molecule has 0 amide bonds. The molecule has 1 aliphatic rings. The van der Waals surface area contributed by atoms with Crippen LogP contribution in [0.2, 0.25) is 5.15 Å².